The number of furan rings is 1. The van der Waals surface area contributed by atoms with Crippen molar-refractivity contribution in [3.8, 4) is 5.75 Å². The van der Waals surface area contributed by atoms with Crippen molar-refractivity contribution in [1.29, 1.82) is 0 Å². The van der Waals surface area contributed by atoms with Crippen LogP contribution in [0.2, 0.25) is 5.02 Å². The summed E-state index contributed by atoms with van der Waals surface area (Å²) in [6.07, 6.45) is 0. The Labute approximate surface area is 160 Å². The first-order chi connectivity index (χ1) is 12.9. The molecular weight excluding hydrogens is 370 g/mol. The number of amides is 1. The molecule has 2 aromatic carbocycles. The first kappa shape index (κ1) is 18.5. The Morgan fingerprint density at radius 2 is 1.85 bits per heavy atom. The number of carboxylic acid groups (broad SMARTS) is 1. The summed E-state index contributed by atoms with van der Waals surface area (Å²) < 4.78 is 11.1. The van der Waals surface area contributed by atoms with E-state index in [0.717, 1.165) is 5.56 Å². The number of carbonyl (C=O) groups is 2. The molecule has 3 rings (SSSR count). The zero-order chi connectivity index (χ0) is 19.4. The zero-order valence-electron chi connectivity index (χ0n) is 14.4. The van der Waals surface area contributed by atoms with Gasteiger partial charge in [-0.05, 0) is 67.1 Å². The third kappa shape index (κ3) is 4.68. The van der Waals surface area contributed by atoms with Gasteiger partial charge in [0.15, 0.2) is 5.76 Å². The quantitative estimate of drug-likeness (QED) is 0.638. The summed E-state index contributed by atoms with van der Waals surface area (Å²) in [7, 11) is 0. The smallest absolute Gasteiger partial charge is 0.335 e. The molecule has 1 heterocycles. The molecule has 0 aliphatic heterocycles. The van der Waals surface area contributed by atoms with Crippen molar-refractivity contribution in [3.63, 3.8) is 0 Å². The number of nitrogens with one attached hydrogen (secondary N) is 1. The lowest BCUT2D eigenvalue weighted by Gasteiger charge is -2.06. The molecular formula is C20H16ClNO5. The minimum atomic E-state index is -1.03. The molecule has 0 radical (unpaired) electrons. The van der Waals surface area contributed by atoms with Crippen LogP contribution in [-0.2, 0) is 6.61 Å². The SMILES string of the molecule is Cc1cc(OCc2ccc(C(=O)Nc3ccc(C(=O)O)cc3)o2)ccc1Cl. The predicted octanol–water partition coefficient (Wildman–Crippen LogP) is 4.77. The second-order valence-corrected chi connectivity index (χ2v) is 6.21. The van der Waals surface area contributed by atoms with Crippen LogP contribution in [0.15, 0.2) is 59.0 Å². The molecule has 0 bridgehead atoms. The minimum Gasteiger partial charge on any atom is -0.486 e. The molecule has 0 atom stereocenters. The number of ether oxygens (including phenoxy) is 1. The van der Waals surface area contributed by atoms with Crippen molar-refractivity contribution in [2.24, 2.45) is 0 Å². The summed E-state index contributed by atoms with van der Waals surface area (Å²) in [5.74, 6) is -0.193. The lowest BCUT2D eigenvalue weighted by molar-refractivity contribution is 0.0696. The Morgan fingerprint density at radius 3 is 2.52 bits per heavy atom. The van der Waals surface area contributed by atoms with Gasteiger partial charge < -0.3 is 19.6 Å². The maximum absolute atomic E-state index is 12.2. The van der Waals surface area contributed by atoms with Gasteiger partial charge >= 0.3 is 5.97 Å². The van der Waals surface area contributed by atoms with Crippen LogP contribution in [0.25, 0.3) is 0 Å². The molecule has 138 valence electrons. The molecule has 0 aliphatic rings. The lowest BCUT2D eigenvalue weighted by Crippen LogP contribution is -2.11. The van der Waals surface area contributed by atoms with Crippen molar-refractivity contribution in [2.75, 3.05) is 5.32 Å². The first-order valence-corrected chi connectivity index (χ1v) is 8.42. The summed E-state index contributed by atoms with van der Waals surface area (Å²) in [6, 6.07) is 14.4. The van der Waals surface area contributed by atoms with Gasteiger partial charge in [-0.2, -0.15) is 0 Å². The van der Waals surface area contributed by atoms with E-state index < -0.39 is 11.9 Å². The molecule has 0 saturated heterocycles. The number of anilines is 1. The molecule has 6 nitrogen and oxygen atoms in total. The van der Waals surface area contributed by atoms with E-state index in [1.807, 2.05) is 13.0 Å². The Bertz CT molecular complexity index is 978. The van der Waals surface area contributed by atoms with Crippen molar-refractivity contribution < 1.29 is 23.8 Å². The number of hydrogen-bond donors (Lipinski definition) is 2. The molecule has 0 spiro atoms. The third-order valence-electron chi connectivity index (χ3n) is 3.79. The van der Waals surface area contributed by atoms with Gasteiger partial charge in [0.25, 0.3) is 5.91 Å². The van der Waals surface area contributed by atoms with E-state index in [9.17, 15) is 9.59 Å². The van der Waals surface area contributed by atoms with E-state index in [4.69, 9.17) is 25.9 Å². The van der Waals surface area contributed by atoms with Crippen LogP contribution in [0.5, 0.6) is 5.75 Å². The van der Waals surface area contributed by atoms with Crippen molar-refractivity contribution >= 4 is 29.2 Å². The molecule has 0 unspecified atom stereocenters. The summed E-state index contributed by atoms with van der Waals surface area (Å²) in [5.41, 5.74) is 1.52. The fraction of sp³-hybridized carbons (Fsp3) is 0.100. The molecule has 3 aromatic rings. The molecule has 0 aliphatic carbocycles. The van der Waals surface area contributed by atoms with Crippen LogP contribution in [0.3, 0.4) is 0 Å². The second-order valence-electron chi connectivity index (χ2n) is 5.80. The third-order valence-corrected chi connectivity index (χ3v) is 4.21. The summed E-state index contributed by atoms with van der Waals surface area (Å²) >= 11 is 5.98. The highest BCUT2D eigenvalue weighted by atomic mass is 35.5. The van der Waals surface area contributed by atoms with E-state index in [0.29, 0.717) is 22.2 Å². The van der Waals surface area contributed by atoms with Crippen LogP contribution in [0.1, 0.15) is 32.2 Å². The fourth-order valence-electron chi connectivity index (χ4n) is 2.33. The molecule has 1 aromatic heterocycles. The maximum Gasteiger partial charge on any atom is 0.335 e. The zero-order valence-corrected chi connectivity index (χ0v) is 15.1. The Hall–Kier alpha value is -3.25. The molecule has 7 heteroatoms. The number of halogens is 1. The van der Waals surface area contributed by atoms with Gasteiger partial charge in [0, 0.05) is 10.7 Å². The monoisotopic (exact) mass is 385 g/mol. The van der Waals surface area contributed by atoms with E-state index in [1.54, 1.807) is 24.3 Å². The van der Waals surface area contributed by atoms with Crippen molar-refractivity contribution in [1.82, 2.24) is 0 Å². The summed E-state index contributed by atoms with van der Waals surface area (Å²) in [4.78, 5) is 23.1. The van der Waals surface area contributed by atoms with Crippen LogP contribution in [0, 0.1) is 6.92 Å². The highest BCUT2D eigenvalue weighted by Crippen LogP contribution is 2.22. The molecule has 0 fully saturated rings. The van der Waals surface area contributed by atoms with Gasteiger partial charge in [-0.25, -0.2) is 4.79 Å². The van der Waals surface area contributed by atoms with E-state index in [2.05, 4.69) is 5.32 Å². The van der Waals surface area contributed by atoms with Crippen molar-refractivity contribution in [3.05, 3.63) is 82.3 Å². The van der Waals surface area contributed by atoms with Crippen molar-refractivity contribution in [2.45, 2.75) is 13.5 Å². The van der Waals surface area contributed by atoms with E-state index >= 15 is 0 Å². The highest BCUT2D eigenvalue weighted by Gasteiger charge is 2.12. The van der Waals surface area contributed by atoms with Gasteiger partial charge in [0.1, 0.15) is 18.1 Å². The number of benzene rings is 2. The summed E-state index contributed by atoms with van der Waals surface area (Å²) in [5, 5.41) is 12.2. The summed E-state index contributed by atoms with van der Waals surface area (Å²) in [6.45, 7) is 2.05. The van der Waals surface area contributed by atoms with Crippen LogP contribution >= 0.6 is 11.6 Å². The lowest BCUT2D eigenvalue weighted by atomic mass is 10.2. The largest absolute Gasteiger partial charge is 0.486 e. The number of aromatic carboxylic acids is 1. The number of carboxylic acids is 1. The minimum absolute atomic E-state index is 0.128. The van der Waals surface area contributed by atoms with Gasteiger partial charge in [-0.1, -0.05) is 11.6 Å². The number of hydrogen-bond acceptors (Lipinski definition) is 4. The van der Waals surface area contributed by atoms with Gasteiger partial charge in [-0.15, -0.1) is 0 Å². The average molecular weight is 386 g/mol. The topological polar surface area (TPSA) is 88.8 Å². The standard InChI is InChI=1S/C20H16ClNO5/c1-12-10-15(6-8-17(12)21)26-11-16-7-9-18(27-16)19(23)22-14-4-2-13(3-5-14)20(24)25/h2-10H,11H2,1H3,(H,22,23)(H,24,25). The maximum atomic E-state index is 12.2. The van der Waals surface area contributed by atoms with Gasteiger partial charge in [-0.3, -0.25) is 4.79 Å². The molecule has 1 amide bonds. The fourth-order valence-corrected chi connectivity index (χ4v) is 2.45. The predicted molar refractivity (Wildman–Crippen MR) is 101 cm³/mol. The molecule has 27 heavy (non-hydrogen) atoms. The Kier molecular flexibility index (Phi) is 5.47. The van der Waals surface area contributed by atoms with Crippen LogP contribution < -0.4 is 10.1 Å². The number of carbonyl (C=O) groups excluding carboxylic acids is 1. The van der Waals surface area contributed by atoms with Gasteiger partial charge in [0.05, 0.1) is 5.56 Å². The highest BCUT2D eigenvalue weighted by molar-refractivity contribution is 6.31. The number of aryl methyl sites for hydroxylation is 1. The first-order valence-electron chi connectivity index (χ1n) is 8.05. The number of rotatable bonds is 6. The Morgan fingerprint density at radius 1 is 1.11 bits per heavy atom. The average Bonchev–Trinajstić information content (AvgIpc) is 3.12. The second kappa shape index (κ2) is 7.97. The van der Waals surface area contributed by atoms with Gasteiger partial charge in [0.2, 0.25) is 0 Å². The van der Waals surface area contributed by atoms with Crippen LogP contribution in [0.4, 0.5) is 5.69 Å². The normalized spacial score (nSPS) is 10.4. The van der Waals surface area contributed by atoms with Crippen LogP contribution in [-0.4, -0.2) is 17.0 Å². The van der Waals surface area contributed by atoms with E-state index in [1.165, 1.54) is 24.3 Å². The molecule has 0 saturated carbocycles. The molecule has 2 N–H and O–H groups in total. The Balaban J connectivity index is 1.59. The van der Waals surface area contributed by atoms with E-state index in [-0.39, 0.29) is 17.9 Å².